The zero-order valence-electron chi connectivity index (χ0n) is 16.9. The predicted molar refractivity (Wildman–Crippen MR) is 115 cm³/mol. The fourth-order valence-electron chi connectivity index (χ4n) is 3.46. The lowest BCUT2D eigenvalue weighted by atomic mass is 10.1. The first-order chi connectivity index (χ1) is 14.7. The number of thiophene rings is 1. The van der Waals surface area contributed by atoms with E-state index in [9.17, 15) is 4.79 Å². The van der Waals surface area contributed by atoms with Gasteiger partial charge in [0.2, 0.25) is 0 Å². The van der Waals surface area contributed by atoms with Crippen LogP contribution in [0.3, 0.4) is 0 Å². The van der Waals surface area contributed by atoms with Gasteiger partial charge in [0.15, 0.2) is 11.5 Å². The van der Waals surface area contributed by atoms with Crippen molar-refractivity contribution < 1.29 is 18.8 Å². The van der Waals surface area contributed by atoms with Crippen LogP contribution >= 0.6 is 11.3 Å². The lowest BCUT2D eigenvalue weighted by Gasteiger charge is -2.34. The Labute approximate surface area is 179 Å². The maximum Gasteiger partial charge on any atom is 0.273 e. The summed E-state index contributed by atoms with van der Waals surface area (Å²) >= 11 is 1.70. The van der Waals surface area contributed by atoms with Crippen molar-refractivity contribution in [3.05, 3.63) is 58.4 Å². The largest absolute Gasteiger partial charge is 0.494 e. The van der Waals surface area contributed by atoms with Gasteiger partial charge in [0.25, 0.3) is 5.91 Å². The van der Waals surface area contributed by atoms with Gasteiger partial charge in [0.1, 0.15) is 5.75 Å². The van der Waals surface area contributed by atoms with Gasteiger partial charge in [-0.1, -0.05) is 11.2 Å². The van der Waals surface area contributed by atoms with E-state index in [4.69, 9.17) is 14.0 Å². The number of hydrogen-bond acceptors (Lipinski definition) is 7. The van der Waals surface area contributed by atoms with Crippen LogP contribution in [0.2, 0.25) is 0 Å². The number of ether oxygens (including phenoxy) is 2. The number of morpholine rings is 1. The number of hydrogen-bond donors (Lipinski definition) is 1. The molecule has 1 atom stereocenters. The molecule has 0 aliphatic carbocycles. The van der Waals surface area contributed by atoms with E-state index in [1.54, 1.807) is 17.4 Å². The lowest BCUT2D eigenvalue weighted by molar-refractivity contribution is 0.0169. The molecule has 0 bridgehead atoms. The summed E-state index contributed by atoms with van der Waals surface area (Å²) in [5.41, 5.74) is 1.11. The van der Waals surface area contributed by atoms with E-state index in [0.717, 1.165) is 24.4 Å². The molecule has 1 aliphatic rings. The smallest absolute Gasteiger partial charge is 0.273 e. The Morgan fingerprint density at radius 1 is 1.27 bits per heavy atom. The number of rotatable bonds is 8. The standard InChI is InChI=1S/C22H25N3O4S/c1-2-28-17-7-5-16(6-8-17)20-14-18(24-29-20)22(26)23-15-19(21-4-3-13-30-21)25-9-11-27-12-10-25/h3-8,13-14,19H,2,9-12,15H2,1H3,(H,23,26)/t19-/m1/s1. The fourth-order valence-corrected chi connectivity index (χ4v) is 4.32. The second-order valence-electron chi connectivity index (χ2n) is 6.92. The minimum absolute atomic E-state index is 0.121. The summed E-state index contributed by atoms with van der Waals surface area (Å²) < 4.78 is 16.3. The van der Waals surface area contributed by atoms with Gasteiger partial charge in [-0.05, 0) is 42.6 Å². The molecule has 30 heavy (non-hydrogen) atoms. The molecule has 8 heteroatoms. The van der Waals surface area contributed by atoms with Gasteiger partial charge < -0.3 is 19.3 Å². The van der Waals surface area contributed by atoms with Crippen molar-refractivity contribution in [1.82, 2.24) is 15.4 Å². The molecule has 0 saturated carbocycles. The topological polar surface area (TPSA) is 76.8 Å². The Morgan fingerprint density at radius 3 is 2.77 bits per heavy atom. The SMILES string of the molecule is CCOc1ccc(-c2cc(C(=O)NC[C@H](c3cccs3)N3CCOCC3)no2)cc1. The van der Waals surface area contributed by atoms with Crippen LogP contribution in [0.1, 0.15) is 28.3 Å². The first-order valence-corrected chi connectivity index (χ1v) is 11.0. The Bertz CT molecular complexity index is 934. The molecule has 3 aromatic rings. The number of nitrogens with zero attached hydrogens (tertiary/aromatic N) is 2. The first kappa shape index (κ1) is 20.6. The second-order valence-corrected chi connectivity index (χ2v) is 7.90. The van der Waals surface area contributed by atoms with Crippen molar-refractivity contribution in [3.63, 3.8) is 0 Å². The van der Waals surface area contributed by atoms with E-state index in [0.29, 0.717) is 32.1 Å². The highest BCUT2D eigenvalue weighted by Crippen LogP contribution is 2.26. The lowest BCUT2D eigenvalue weighted by Crippen LogP contribution is -2.43. The van der Waals surface area contributed by atoms with Crippen LogP contribution in [0, 0.1) is 0 Å². The van der Waals surface area contributed by atoms with Crippen LogP contribution in [-0.4, -0.2) is 55.4 Å². The van der Waals surface area contributed by atoms with Crippen LogP contribution in [-0.2, 0) is 4.74 Å². The van der Waals surface area contributed by atoms with Crippen LogP contribution in [0.25, 0.3) is 11.3 Å². The first-order valence-electron chi connectivity index (χ1n) is 10.1. The molecule has 4 rings (SSSR count). The number of aromatic nitrogens is 1. The Morgan fingerprint density at radius 2 is 2.07 bits per heavy atom. The molecular weight excluding hydrogens is 402 g/mol. The van der Waals surface area contributed by atoms with Gasteiger partial charge in [-0.2, -0.15) is 0 Å². The van der Waals surface area contributed by atoms with Gasteiger partial charge in [0.05, 0.1) is 25.9 Å². The summed E-state index contributed by atoms with van der Waals surface area (Å²) in [6, 6.07) is 13.4. The van der Waals surface area contributed by atoms with E-state index in [-0.39, 0.29) is 17.6 Å². The molecule has 1 aliphatic heterocycles. The highest BCUT2D eigenvalue weighted by Gasteiger charge is 2.24. The molecule has 158 valence electrons. The van der Waals surface area contributed by atoms with Crippen molar-refractivity contribution in [2.75, 3.05) is 39.5 Å². The minimum atomic E-state index is -0.245. The highest BCUT2D eigenvalue weighted by atomic mass is 32.1. The summed E-state index contributed by atoms with van der Waals surface area (Å²) in [5.74, 6) is 1.10. The number of carbonyl (C=O) groups is 1. The van der Waals surface area contributed by atoms with E-state index >= 15 is 0 Å². The molecule has 1 fully saturated rings. The normalized spacial score (nSPS) is 15.6. The quantitative estimate of drug-likeness (QED) is 0.592. The summed E-state index contributed by atoms with van der Waals surface area (Å²) in [6.45, 7) is 6.19. The summed E-state index contributed by atoms with van der Waals surface area (Å²) in [5, 5.41) is 9.03. The predicted octanol–water partition coefficient (Wildman–Crippen LogP) is 3.61. The van der Waals surface area contributed by atoms with E-state index in [2.05, 4.69) is 26.8 Å². The highest BCUT2D eigenvalue weighted by molar-refractivity contribution is 7.10. The molecule has 0 spiro atoms. The maximum atomic E-state index is 12.7. The van der Waals surface area contributed by atoms with E-state index in [1.165, 1.54) is 4.88 Å². The summed E-state index contributed by atoms with van der Waals surface area (Å²) in [4.78, 5) is 16.3. The van der Waals surface area contributed by atoms with Crippen molar-refractivity contribution in [2.24, 2.45) is 0 Å². The van der Waals surface area contributed by atoms with Gasteiger partial charge in [-0.25, -0.2) is 0 Å². The third kappa shape index (κ3) is 4.89. The third-order valence-electron chi connectivity index (χ3n) is 5.01. The number of benzene rings is 1. The van der Waals surface area contributed by atoms with Gasteiger partial charge in [-0.15, -0.1) is 11.3 Å². The molecule has 3 heterocycles. The molecule has 1 saturated heterocycles. The van der Waals surface area contributed by atoms with Crippen molar-refractivity contribution in [1.29, 1.82) is 0 Å². The van der Waals surface area contributed by atoms with E-state index < -0.39 is 0 Å². The molecule has 1 N–H and O–H groups in total. The van der Waals surface area contributed by atoms with Crippen LogP contribution < -0.4 is 10.1 Å². The number of amides is 1. The summed E-state index contributed by atoms with van der Waals surface area (Å²) in [6.07, 6.45) is 0. The van der Waals surface area contributed by atoms with Crippen molar-refractivity contribution in [3.8, 4) is 17.1 Å². The zero-order valence-corrected chi connectivity index (χ0v) is 17.7. The number of nitrogens with one attached hydrogen (secondary N) is 1. The fraction of sp³-hybridized carbons (Fsp3) is 0.364. The van der Waals surface area contributed by atoms with Crippen molar-refractivity contribution >= 4 is 17.2 Å². The molecule has 7 nitrogen and oxygen atoms in total. The summed E-state index contributed by atoms with van der Waals surface area (Å²) in [7, 11) is 0. The van der Waals surface area contributed by atoms with Gasteiger partial charge in [0, 0.05) is 36.1 Å². The Hall–Kier alpha value is -2.68. The molecule has 0 unspecified atom stereocenters. The third-order valence-corrected chi connectivity index (χ3v) is 5.98. The van der Waals surface area contributed by atoms with Crippen LogP contribution in [0.5, 0.6) is 5.75 Å². The Kier molecular flexibility index (Phi) is 6.78. The monoisotopic (exact) mass is 427 g/mol. The molecular formula is C22H25N3O4S. The molecule has 0 radical (unpaired) electrons. The van der Waals surface area contributed by atoms with Crippen LogP contribution in [0.4, 0.5) is 0 Å². The van der Waals surface area contributed by atoms with Crippen LogP contribution in [0.15, 0.2) is 52.4 Å². The second kappa shape index (κ2) is 9.88. The number of carbonyl (C=O) groups excluding carboxylic acids is 1. The average molecular weight is 428 g/mol. The van der Waals surface area contributed by atoms with Crippen molar-refractivity contribution in [2.45, 2.75) is 13.0 Å². The Balaban J connectivity index is 1.40. The molecule has 2 aromatic heterocycles. The average Bonchev–Trinajstić information content (AvgIpc) is 3.48. The zero-order chi connectivity index (χ0) is 20.8. The minimum Gasteiger partial charge on any atom is -0.494 e. The molecule has 1 amide bonds. The van der Waals surface area contributed by atoms with Gasteiger partial charge >= 0.3 is 0 Å². The molecule has 1 aromatic carbocycles. The van der Waals surface area contributed by atoms with E-state index in [1.807, 2.05) is 37.3 Å². The van der Waals surface area contributed by atoms with Gasteiger partial charge in [-0.3, -0.25) is 9.69 Å². The maximum absolute atomic E-state index is 12.7.